The van der Waals surface area contributed by atoms with E-state index in [0.29, 0.717) is 49.1 Å². The minimum absolute atomic E-state index is 0.0628. The Morgan fingerprint density at radius 3 is 2.41 bits per heavy atom. The third-order valence-electron chi connectivity index (χ3n) is 7.36. The van der Waals surface area contributed by atoms with Gasteiger partial charge in [0.15, 0.2) is 0 Å². The van der Waals surface area contributed by atoms with Crippen LogP contribution in [0.5, 0.6) is 0 Å². The third kappa shape index (κ3) is 7.20. The summed E-state index contributed by atoms with van der Waals surface area (Å²) in [6.45, 7) is 8.14. The number of fused-ring (bicyclic) bond motifs is 1. The molecule has 1 aliphatic heterocycles. The minimum atomic E-state index is -4.53. The van der Waals surface area contributed by atoms with E-state index in [1.807, 2.05) is 30.3 Å². The Balaban J connectivity index is 1.54. The van der Waals surface area contributed by atoms with E-state index >= 15 is 0 Å². The second-order valence-corrected chi connectivity index (χ2v) is 17.1. The molecule has 1 fully saturated rings. The quantitative estimate of drug-likeness (QED) is 0.249. The van der Waals surface area contributed by atoms with Gasteiger partial charge < -0.3 is 28.8 Å². The summed E-state index contributed by atoms with van der Waals surface area (Å²) < 4.78 is 54.9. The Kier molecular flexibility index (Phi) is 8.72. The summed E-state index contributed by atoms with van der Waals surface area (Å²) in [6.07, 6.45) is -3.19. The average molecular weight is 563 g/mol. The van der Waals surface area contributed by atoms with E-state index in [2.05, 4.69) is 24.6 Å². The van der Waals surface area contributed by atoms with Gasteiger partial charge in [-0.15, -0.1) is 0 Å². The van der Waals surface area contributed by atoms with Crippen molar-refractivity contribution in [3.63, 3.8) is 0 Å². The Morgan fingerprint density at radius 2 is 1.79 bits per heavy atom. The second kappa shape index (κ2) is 11.7. The molecular formula is C28H35F3N3O4Si-. The number of amides is 1. The van der Waals surface area contributed by atoms with Crippen LogP contribution in [0.1, 0.15) is 29.5 Å². The van der Waals surface area contributed by atoms with Gasteiger partial charge in [0.2, 0.25) is 0 Å². The lowest BCUT2D eigenvalue weighted by Gasteiger charge is -2.43. The van der Waals surface area contributed by atoms with E-state index in [4.69, 9.17) is 9.47 Å². The average Bonchev–Trinajstić information content (AvgIpc) is 3.29. The lowest BCUT2D eigenvalue weighted by atomic mass is 9.73. The summed E-state index contributed by atoms with van der Waals surface area (Å²) >= 11 is 0. The normalized spacial score (nSPS) is 16.1. The number of rotatable bonds is 10. The van der Waals surface area contributed by atoms with Crippen molar-refractivity contribution in [3.05, 3.63) is 65.5 Å². The van der Waals surface area contributed by atoms with Crippen molar-refractivity contribution in [1.29, 1.82) is 0 Å². The van der Waals surface area contributed by atoms with Crippen LogP contribution < -0.4 is 5.11 Å². The van der Waals surface area contributed by atoms with E-state index in [0.717, 1.165) is 23.7 Å². The highest BCUT2D eigenvalue weighted by atomic mass is 28.3. The Labute approximate surface area is 227 Å². The van der Waals surface area contributed by atoms with E-state index < -0.39 is 31.3 Å². The molecule has 2 heterocycles. The number of ether oxygens (including phenoxy) is 2. The van der Waals surface area contributed by atoms with Crippen LogP contribution in [0.15, 0.2) is 48.8 Å². The molecule has 7 nitrogen and oxygen atoms in total. The van der Waals surface area contributed by atoms with Gasteiger partial charge in [-0.05, 0) is 36.6 Å². The molecule has 0 N–H and O–H groups in total. The molecule has 0 aliphatic carbocycles. The molecule has 212 valence electrons. The summed E-state index contributed by atoms with van der Waals surface area (Å²) in [4.78, 5) is 17.0. The van der Waals surface area contributed by atoms with Crippen molar-refractivity contribution in [2.24, 2.45) is 0 Å². The Morgan fingerprint density at radius 1 is 1.10 bits per heavy atom. The molecular weight excluding hydrogens is 527 g/mol. The van der Waals surface area contributed by atoms with E-state index in [-0.39, 0.29) is 19.9 Å². The van der Waals surface area contributed by atoms with Gasteiger partial charge >= 0.3 is 6.18 Å². The molecule has 0 bridgehead atoms. The number of benzene rings is 2. The molecule has 0 saturated carbocycles. The molecule has 1 amide bonds. The monoisotopic (exact) mass is 562 g/mol. The predicted molar refractivity (Wildman–Crippen MR) is 143 cm³/mol. The van der Waals surface area contributed by atoms with Crippen LogP contribution in [0.4, 0.5) is 18.0 Å². The zero-order valence-corrected chi connectivity index (χ0v) is 23.6. The number of carbonyl (C=O) groups is 1. The number of carbonyl (C=O) groups excluding carboxylic acids is 1. The molecule has 1 saturated heterocycles. The zero-order chi connectivity index (χ0) is 28.3. The lowest BCUT2D eigenvalue weighted by molar-refractivity contribution is -0.267. The van der Waals surface area contributed by atoms with Crippen LogP contribution in [0.25, 0.3) is 11.0 Å². The van der Waals surface area contributed by atoms with Crippen LogP contribution >= 0.6 is 0 Å². The molecule has 4 rings (SSSR count). The van der Waals surface area contributed by atoms with Crippen molar-refractivity contribution in [3.8, 4) is 0 Å². The van der Waals surface area contributed by atoms with Crippen LogP contribution in [-0.2, 0) is 34.4 Å². The van der Waals surface area contributed by atoms with Crippen LogP contribution in [0.2, 0.25) is 25.7 Å². The summed E-state index contributed by atoms with van der Waals surface area (Å²) in [5, 5.41) is 11.3. The van der Waals surface area contributed by atoms with Crippen LogP contribution in [0.3, 0.4) is 0 Å². The fraction of sp³-hybridized carbons (Fsp3) is 0.500. The first kappa shape index (κ1) is 29.1. The first-order valence-electron chi connectivity index (χ1n) is 13.1. The number of halogens is 3. The highest BCUT2D eigenvalue weighted by Crippen LogP contribution is 2.37. The maximum absolute atomic E-state index is 13.8. The van der Waals surface area contributed by atoms with Gasteiger partial charge in [-0.25, -0.2) is 4.98 Å². The molecule has 0 spiro atoms. The molecule has 1 aromatic heterocycles. The number of likely N-dealkylation sites (tertiary alicyclic amines) is 1. The van der Waals surface area contributed by atoms with Crippen molar-refractivity contribution in [2.75, 3.05) is 26.3 Å². The summed E-state index contributed by atoms with van der Waals surface area (Å²) in [6, 6.07) is 12.8. The fourth-order valence-corrected chi connectivity index (χ4v) is 5.69. The van der Waals surface area contributed by atoms with Gasteiger partial charge in [-0.1, -0.05) is 50.0 Å². The standard InChI is InChI=1S/C28H36F3N3O4Si/c1-39(2,3)14-13-37-20-34-19-32-25-21(15-23(16-24(25)34)28(29,30)31)17-38-18-27(22-7-5-4-6-8-22)9-11-33(12-10-27)26(35)36/h4-8,15-16,19H,9-14,17-18,20H2,1-3H3,(H,35,36)/p-1. The smallest absolute Gasteiger partial charge is 0.416 e. The highest BCUT2D eigenvalue weighted by Gasteiger charge is 2.37. The first-order valence-corrected chi connectivity index (χ1v) is 16.8. The van der Waals surface area contributed by atoms with Gasteiger partial charge in [0.05, 0.1) is 36.1 Å². The largest absolute Gasteiger partial charge is 0.530 e. The number of carboxylic acid groups (broad SMARTS) is 1. The van der Waals surface area contributed by atoms with Crippen molar-refractivity contribution in [1.82, 2.24) is 14.5 Å². The molecule has 0 atom stereocenters. The molecule has 1 aliphatic rings. The van der Waals surface area contributed by atoms with Gasteiger partial charge in [-0.3, -0.25) is 0 Å². The Hall–Kier alpha value is -2.89. The van der Waals surface area contributed by atoms with Crippen LogP contribution in [0, 0.1) is 0 Å². The van der Waals surface area contributed by atoms with Crippen molar-refractivity contribution in [2.45, 2.75) is 63.5 Å². The second-order valence-electron chi connectivity index (χ2n) is 11.5. The number of imidazole rings is 1. The fourth-order valence-electron chi connectivity index (χ4n) is 4.94. The number of alkyl halides is 3. The first-order chi connectivity index (χ1) is 18.4. The van der Waals surface area contributed by atoms with E-state index in [1.54, 1.807) is 4.57 Å². The number of hydrogen-bond donors (Lipinski definition) is 0. The van der Waals surface area contributed by atoms with Crippen molar-refractivity contribution >= 4 is 25.2 Å². The molecule has 0 radical (unpaired) electrons. The SMILES string of the molecule is C[Si](C)(C)CCOCn1cnc2c(COCC3(c4ccccc4)CCN(C(=O)[O-])CC3)cc(C(F)(F)F)cc21. The third-order valence-corrected chi connectivity index (χ3v) is 9.06. The van der Waals surface area contributed by atoms with Gasteiger partial charge in [-0.2, -0.15) is 13.2 Å². The van der Waals surface area contributed by atoms with E-state index in [1.165, 1.54) is 11.2 Å². The summed E-state index contributed by atoms with van der Waals surface area (Å²) in [5.41, 5.74) is 0.914. The number of piperidine rings is 1. The number of nitrogens with zero attached hydrogens (tertiary/aromatic N) is 3. The molecule has 11 heteroatoms. The number of hydrogen-bond acceptors (Lipinski definition) is 5. The van der Waals surface area contributed by atoms with Gasteiger partial charge in [0.25, 0.3) is 0 Å². The molecule has 3 aromatic rings. The maximum Gasteiger partial charge on any atom is 0.416 e. The summed E-state index contributed by atoms with van der Waals surface area (Å²) in [5.74, 6) is 0. The molecule has 39 heavy (non-hydrogen) atoms. The number of aromatic nitrogens is 2. The highest BCUT2D eigenvalue weighted by molar-refractivity contribution is 6.76. The minimum Gasteiger partial charge on any atom is -0.530 e. The van der Waals surface area contributed by atoms with Gasteiger partial charge in [0, 0.05) is 38.7 Å². The lowest BCUT2D eigenvalue weighted by Crippen LogP contribution is -2.51. The van der Waals surface area contributed by atoms with Crippen LogP contribution in [-0.4, -0.2) is 54.9 Å². The van der Waals surface area contributed by atoms with E-state index in [9.17, 15) is 23.1 Å². The molecule has 2 aromatic carbocycles. The zero-order valence-electron chi connectivity index (χ0n) is 22.6. The Bertz CT molecular complexity index is 1270. The van der Waals surface area contributed by atoms with Crippen molar-refractivity contribution < 1.29 is 32.5 Å². The molecule has 0 unspecified atom stereocenters. The maximum atomic E-state index is 13.8. The topological polar surface area (TPSA) is 79.7 Å². The predicted octanol–water partition coefficient (Wildman–Crippen LogP) is 5.26. The summed E-state index contributed by atoms with van der Waals surface area (Å²) in [7, 11) is -1.30. The van der Waals surface area contributed by atoms with Gasteiger partial charge in [0.1, 0.15) is 12.8 Å².